The van der Waals surface area contributed by atoms with Crippen molar-refractivity contribution in [1.29, 1.82) is 0 Å². The molecule has 6 heteroatoms. The van der Waals surface area contributed by atoms with Crippen LogP contribution in [0.2, 0.25) is 0 Å². The third-order valence-electron chi connectivity index (χ3n) is 1.90. The first-order chi connectivity index (χ1) is 7.56. The van der Waals surface area contributed by atoms with E-state index in [2.05, 4.69) is 0 Å². The summed E-state index contributed by atoms with van der Waals surface area (Å²) in [7, 11) is 0. The molecule has 0 aliphatic carbocycles. The lowest BCUT2D eigenvalue weighted by atomic mass is 10.1. The van der Waals surface area contributed by atoms with Gasteiger partial charge in [-0.1, -0.05) is 6.92 Å². The summed E-state index contributed by atoms with van der Waals surface area (Å²) in [6.45, 7) is 2.12. The Hall–Kier alpha value is -2.11. The molecule has 0 spiro atoms. The number of non-ortho nitro benzene ring substituents is 1. The average Bonchev–Trinajstić information content (AvgIpc) is 2.26. The second-order valence-corrected chi connectivity index (χ2v) is 3.16. The fourth-order valence-corrected chi connectivity index (χ4v) is 1.11. The van der Waals surface area contributed by atoms with E-state index < -0.39 is 10.9 Å². The van der Waals surface area contributed by atoms with Crippen LogP contribution in [0.4, 0.5) is 11.4 Å². The Labute approximate surface area is 92.2 Å². The van der Waals surface area contributed by atoms with Gasteiger partial charge < -0.3 is 10.5 Å². The minimum atomic E-state index is -0.636. The van der Waals surface area contributed by atoms with Gasteiger partial charge in [-0.15, -0.1) is 0 Å². The monoisotopic (exact) mass is 224 g/mol. The zero-order valence-electron chi connectivity index (χ0n) is 8.80. The molecule has 86 valence electrons. The fourth-order valence-electron chi connectivity index (χ4n) is 1.11. The molecule has 0 saturated heterocycles. The number of nitro benzene ring substituents is 1. The second kappa shape index (κ2) is 5.11. The number of carbonyl (C=O) groups is 1. The average molecular weight is 224 g/mol. The molecule has 0 fully saturated rings. The number of carbonyl (C=O) groups excluding carboxylic acids is 1. The molecule has 0 saturated carbocycles. The van der Waals surface area contributed by atoms with Crippen LogP contribution in [0.15, 0.2) is 18.2 Å². The summed E-state index contributed by atoms with van der Waals surface area (Å²) in [5.74, 6) is -0.636. The maximum absolute atomic E-state index is 11.5. The van der Waals surface area contributed by atoms with Gasteiger partial charge in [0.1, 0.15) is 0 Å². The van der Waals surface area contributed by atoms with Gasteiger partial charge in [0.2, 0.25) is 0 Å². The van der Waals surface area contributed by atoms with E-state index in [0.29, 0.717) is 6.42 Å². The number of nitrogens with two attached hydrogens (primary N) is 1. The van der Waals surface area contributed by atoms with Crippen molar-refractivity contribution in [3.8, 4) is 0 Å². The number of nitrogen functional groups attached to an aromatic ring is 1. The molecule has 0 radical (unpaired) electrons. The Morgan fingerprint density at radius 1 is 1.56 bits per heavy atom. The largest absolute Gasteiger partial charge is 0.462 e. The normalized spacial score (nSPS) is 9.81. The molecule has 0 atom stereocenters. The van der Waals surface area contributed by atoms with Crippen molar-refractivity contribution in [3.05, 3.63) is 33.9 Å². The Morgan fingerprint density at radius 2 is 2.25 bits per heavy atom. The smallest absolute Gasteiger partial charge is 0.340 e. The Kier molecular flexibility index (Phi) is 3.82. The SMILES string of the molecule is CCCOC(=O)c1cc([N+](=O)[O-])ccc1N. The number of rotatable bonds is 4. The first-order valence-electron chi connectivity index (χ1n) is 4.77. The lowest BCUT2D eigenvalue weighted by molar-refractivity contribution is -0.384. The van der Waals surface area contributed by atoms with E-state index in [4.69, 9.17) is 10.5 Å². The maximum atomic E-state index is 11.5. The Morgan fingerprint density at radius 3 is 2.81 bits per heavy atom. The first kappa shape index (κ1) is 12.0. The number of hydrogen-bond donors (Lipinski definition) is 1. The number of nitro groups is 1. The zero-order valence-corrected chi connectivity index (χ0v) is 8.80. The summed E-state index contributed by atoms with van der Waals surface area (Å²) in [5, 5.41) is 10.5. The highest BCUT2D eigenvalue weighted by Gasteiger charge is 2.15. The molecule has 0 heterocycles. The van der Waals surface area contributed by atoms with Gasteiger partial charge >= 0.3 is 5.97 Å². The highest BCUT2D eigenvalue weighted by atomic mass is 16.6. The van der Waals surface area contributed by atoms with Crippen molar-refractivity contribution in [2.24, 2.45) is 0 Å². The molecule has 0 unspecified atom stereocenters. The van der Waals surface area contributed by atoms with Crippen molar-refractivity contribution in [2.75, 3.05) is 12.3 Å². The first-order valence-corrected chi connectivity index (χ1v) is 4.77. The van der Waals surface area contributed by atoms with Crippen molar-refractivity contribution in [1.82, 2.24) is 0 Å². The van der Waals surface area contributed by atoms with Gasteiger partial charge in [-0.05, 0) is 12.5 Å². The van der Waals surface area contributed by atoms with Gasteiger partial charge in [-0.25, -0.2) is 4.79 Å². The van der Waals surface area contributed by atoms with Crippen LogP contribution in [-0.4, -0.2) is 17.5 Å². The van der Waals surface area contributed by atoms with Crippen molar-refractivity contribution in [2.45, 2.75) is 13.3 Å². The van der Waals surface area contributed by atoms with Crippen LogP contribution in [-0.2, 0) is 4.74 Å². The highest BCUT2D eigenvalue weighted by Crippen LogP contribution is 2.20. The minimum absolute atomic E-state index is 0.0302. The van der Waals surface area contributed by atoms with E-state index in [-0.39, 0.29) is 23.5 Å². The standard InChI is InChI=1S/C10H12N2O4/c1-2-5-16-10(13)8-6-7(12(14)15)3-4-9(8)11/h3-4,6H,2,5,11H2,1H3. The van der Waals surface area contributed by atoms with Gasteiger partial charge in [0, 0.05) is 17.8 Å². The van der Waals surface area contributed by atoms with E-state index in [0.717, 1.165) is 6.07 Å². The molecule has 1 aromatic carbocycles. The van der Waals surface area contributed by atoms with Crippen LogP contribution in [0.3, 0.4) is 0 Å². The third-order valence-corrected chi connectivity index (χ3v) is 1.90. The topological polar surface area (TPSA) is 95.5 Å². The summed E-state index contributed by atoms with van der Waals surface area (Å²) in [6.07, 6.45) is 0.681. The molecule has 16 heavy (non-hydrogen) atoms. The molecule has 0 aliphatic heterocycles. The van der Waals surface area contributed by atoms with Gasteiger partial charge in [-0.3, -0.25) is 10.1 Å². The van der Waals surface area contributed by atoms with Gasteiger partial charge in [0.05, 0.1) is 17.1 Å². The number of nitrogens with zero attached hydrogens (tertiary/aromatic N) is 1. The fraction of sp³-hybridized carbons (Fsp3) is 0.300. The van der Waals surface area contributed by atoms with Crippen LogP contribution in [0, 0.1) is 10.1 Å². The second-order valence-electron chi connectivity index (χ2n) is 3.16. The number of anilines is 1. The molecule has 0 amide bonds. The molecule has 0 aliphatic rings. The number of ether oxygens (including phenoxy) is 1. The number of hydrogen-bond acceptors (Lipinski definition) is 5. The van der Waals surface area contributed by atoms with Crippen molar-refractivity contribution < 1.29 is 14.5 Å². The summed E-state index contributed by atoms with van der Waals surface area (Å²) in [5.41, 5.74) is 5.56. The minimum Gasteiger partial charge on any atom is -0.462 e. The summed E-state index contributed by atoms with van der Waals surface area (Å²) in [4.78, 5) is 21.4. The summed E-state index contributed by atoms with van der Waals surface area (Å²) in [6, 6.07) is 3.68. The number of benzene rings is 1. The third kappa shape index (κ3) is 2.69. The molecular weight excluding hydrogens is 212 g/mol. The van der Waals surface area contributed by atoms with E-state index in [9.17, 15) is 14.9 Å². The summed E-state index contributed by atoms with van der Waals surface area (Å²) < 4.78 is 4.85. The zero-order chi connectivity index (χ0) is 12.1. The van der Waals surface area contributed by atoms with E-state index in [1.54, 1.807) is 0 Å². The molecular formula is C10H12N2O4. The molecule has 0 aromatic heterocycles. The van der Waals surface area contributed by atoms with Gasteiger partial charge in [0.25, 0.3) is 5.69 Å². The van der Waals surface area contributed by atoms with Crippen LogP contribution in [0.1, 0.15) is 23.7 Å². The van der Waals surface area contributed by atoms with Gasteiger partial charge in [0.15, 0.2) is 0 Å². The quantitative estimate of drug-likeness (QED) is 0.363. The molecule has 6 nitrogen and oxygen atoms in total. The Balaban J connectivity index is 2.97. The summed E-state index contributed by atoms with van der Waals surface area (Å²) >= 11 is 0. The predicted molar refractivity (Wildman–Crippen MR) is 58.1 cm³/mol. The Bertz CT molecular complexity index is 417. The van der Waals surface area contributed by atoms with Crippen LogP contribution in [0.25, 0.3) is 0 Å². The molecule has 1 rings (SSSR count). The van der Waals surface area contributed by atoms with Crippen LogP contribution < -0.4 is 5.73 Å². The predicted octanol–water partition coefficient (Wildman–Crippen LogP) is 1.74. The molecule has 2 N–H and O–H groups in total. The van der Waals surface area contributed by atoms with E-state index >= 15 is 0 Å². The van der Waals surface area contributed by atoms with Crippen LogP contribution >= 0.6 is 0 Å². The van der Waals surface area contributed by atoms with E-state index in [1.807, 2.05) is 6.92 Å². The lowest BCUT2D eigenvalue weighted by Crippen LogP contribution is -2.09. The number of esters is 1. The lowest BCUT2D eigenvalue weighted by Gasteiger charge is -2.05. The highest BCUT2D eigenvalue weighted by molar-refractivity contribution is 5.95. The van der Waals surface area contributed by atoms with Crippen molar-refractivity contribution in [3.63, 3.8) is 0 Å². The maximum Gasteiger partial charge on any atom is 0.340 e. The van der Waals surface area contributed by atoms with E-state index in [1.165, 1.54) is 12.1 Å². The molecule has 1 aromatic rings. The van der Waals surface area contributed by atoms with Crippen molar-refractivity contribution >= 4 is 17.3 Å². The van der Waals surface area contributed by atoms with Gasteiger partial charge in [-0.2, -0.15) is 0 Å². The molecule has 0 bridgehead atoms. The van der Waals surface area contributed by atoms with Crippen LogP contribution in [0.5, 0.6) is 0 Å².